The predicted molar refractivity (Wildman–Crippen MR) is 60.7 cm³/mol. The van der Waals surface area contributed by atoms with Crippen molar-refractivity contribution in [1.82, 2.24) is 16.0 Å². The molecule has 2 amide bonds. The Bertz CT molecular complexity index is 239. The fourth-order valence-electron chi connectivity index (χ4n) is 1.60. The summed E-state index contributed by atoms with van der Waals surface area (Å²) in [6.45, 7) is 3.00. The van der Waals surface area contributed by atoms with Crippen molar-refractivity contribution in [2.24, 2.45) is 5.73 Å². The Balaban J connectivity index is 2.03. The molecule has 1 atom stereocenters. The van der Waals surface area contributed by atoms with Gasteiger partial charge in [-0.3, -0.25) is 9.59 Å². The highest BCUT2D eigenvalue weighted by Crippen LogP contribution is 1.93. The smallest absolute Gasteiger partial charge is 0.238 e. The number of primary amides is 1. The fourth-order valence-corrected chi connectivity index (χ4v) is 1.60. The SMILES string of the molecule is NC(=O)CCCCNC(=O)C1CNCCN1. The molecule has 1 rings (SSSR count). The number of nitrogens with two attached hydrogens (primary N) is 1. The maximum atomic E-state index is 11.6. The second kappa shape index (κ2) is 7.19. The van der Waals surface area contributed by atoms with E-state index >= 15 is 0 Å². The summed E-state index contributed by atoms with van der Waals surface area (Å²) >= 11 is 0. The number of nitrogens with one attached hydrogen (secondary N) is 3. The highest BCUT2D eigenvalue weighted by molar-refractivity contribution is 5.82. The van der Waals surface area contributed by atoms with E-state index in [0.29, 0.717) is 19.5 Å². The predicted octanol–water partition coefficient (Wildman–Crippen LogP) is -1.68. The summed E-state index contributed by atoms with van der Waals surface area (Å²) in [5, 5.41) is 9.11. The first kappa shape index (κ1) is 12.9. The molecule has 1 fully saturated rings. The Kier molecular flexibility index (Phi) is 5.81. The van der Waals surface area contributed by atoms with Gasteiger partial charge in [0.25, 0.3) is 0 Å². The van der Waals surface area contributed by atoms with Gasteiger partial charge in [-0.15, -0.1) is 0 Å². The Morgan fingerprint density at radius 3 is 2.75 bits per heavy atom. The molecule has 5 N–H and O–H groups in total. The maximum absolute atomic E-state index is 11.6. The summed E-state index contributed by atoms with van der Waals surface area (Å²) in [5.41, 5.74) is 5.01. The monoisotopic (exact) mass is 228 g/mol. The molecule has 0 saturated carbocycles. The molecule has 6 nitrogen and oxygen atoms in total. The zero-order valence-corrected chi connectivity index (χ0v) is 9.42. The second-order valence-electron chi connectivity index (χ2n) is 3.93. The lowest BCUT2D eigenvalue weighted by Crippen LogP contribution is -2.55. The van der Waals surface area contributed by atoms with Crippen LogP contribution in [-0.2, 0) is 9.59 Å². The molecule has 0 aromatic rings. The van der Waals surface area contributed by atoms with Gasteiger partial charge in [0.2, 0.25) is 11.8 Å². The lowest BCUT2D eigenvalue weighted by molar-refractivity contribution is -0.123. The van der Waals surface area contributed by atoms with Crippen LogP contribution in [0.25, 0.3) is 0 Å². The van der Waals surface area contributed by atoms with E-state index in [-0.39, 0.29) is 17.9 Å². The van der Waals surface area contributed by atoms with Crippen LogP contribution in [-0.4, -0.2) is 44.0 Å². The number of hydrogen-bond donors (Lipinski definition) is 4. The van der Waals surface area contributed by atoms with Crippen LogP contribution in [0.2, 0.25) is 0 Å². The number of rotatable bonds is 6. The van der Waals surface area contributed by atoms with Crippen molar-refractivity contribution in [1.29, 1.82) is 0 Å². The molecule has 0 aromatic heterocycles. The molecule has 92 valence electrons. The number of amides is 2. The number of unbranched alkanes of at least 4 members (excludes halogenated alkanes) is 1. The zero-order chi connectivity index (χ0) is 11.8. The van der Waals surface area contributed by atoms with Gasteiger partial charge in [-0.05, 0) is 12.8 Å². The first-order valence-electron chi connectivity index (χ1n) is 5.70. The molecule has 0 aromatic carbocycles. The first-order valence-corrected chi connectivity index (χ1v) is 5.70. The maximum Gasteiger partial charge on any atom is 0.238 e. The van der Waals surface area contributed by atoms with Crippen molar-refractivity contribution in [3.05, 3.63) is 0 Å². The molecular weight excluding hydrogens is 208 g/mol. The quantitative estimate of drug-likeness (QED) is 0.408. The van der Waals surface area contributed by atoms with Gasteiger partial charge in [0.05, 0.1) is 6.04 Å². The summed E-state index contributed by atoms with van der Waals surface area (Å²) in [7, 11) is 0. The van der Waals surface area contributed by atoms with Crippen LogP contribution in [0.5, 0.6) is 0 Å². The summed E-state index contributed by atoms with van der Waals surface area (Å²) in [6, 6.07) is -0.134. The van der Waals surface area contributed by atoms with Gasteiger partial charge < -0.3 is 21.7 Å². The summed E-state index contributed by atoms with van der Waals surface area (Å²) in [5.74, 6) is -0.268. The van der Waals surface area contributed by atoms with E-state index in [1.54, 1.807) is 0 Å². The molecule has 0 bridgehead atoms. The number of piperazine rings is 1. The number of carbonyl (C=O) groups is 2. The van der Waals surface area contributed by atoms with Crippen LogP contribution >= 0.6 is 0 Å². The average Bonchev–Trinajstić information content (AvgIpc) is 2.29. The van der Waals surface area contributed by atoms with Gasteiger partial charge in [-0.2, -0.15) is 0 Å². The van der Waals surface area contributed by atoms with Crippen molar-refractivity contribution in [3.8, 4) is 0 Å². The van der Waals surface area contributed by atoms with Gasteiger partial charge in [0.1, 0.15) is 0 Å². The first-order chi connectivity index (χ1) is 7.70. The van der Waals surface area contributed by atoms with E-state index in [9.17, 15) is 9.59 Å². The Morgan fingerprint density at radius 1 is 1.31 bits per heavy atom. The highest BCUT2D eigenvalue weighted by Gasteiger charge is 2.19. The highest BCUT2D eigenvalue weighted by atomic mass is 16.2. The van der Waals surface area contributed by atoms with Crippen molar-refractivity contribution < 1.29 is 9.59 Å². The molecule has 6 heteroatoms. The molecule has 1 aliphatic rings. The third-order valence-corrected chi connectivity index (χ3v) is 2.51. The lowest BCUT2D eigenvalue weighted by Gasteiger charge is -2.23. The molecule has 1 aliphatic heterocycles. The molecule has 16 heavy (non-hydrogen) atoms. The largest absolute Gasteiger partial charge is 0.370 e. The Labute approximate surface area is 95.3 Å². The van der Waals surface area contributed by atoms with Crippen LogP contribution in [0.1, 0.15) is 19.3 Å². The molecule has 0 aliphatic carbocycles. The molecule has 0 spiro atoms. The molecule has 1 saturated heterocycles. The van der Waals surface area contributed by atoms with Gasteiger partial charge in [0.15, 0.2) is 0 Å². The van der Waals surface area contributed by atoms with Crippen molar-refractivity contribution in [2.75, 3.05) is 26.2 Å². The fraction of sp³-hybridized carbons (Fsp3) is 0.800. The molecule has 0 radical (unpaired) electrons. The van der Waals surface area contributed by atoms with Crippen LogP contribution in [0.4, 0.5) is 0 Å². The molecule has 1 heterocycles. The average molecular weight is 228 g/mol. The van der Waals surface area contributed by atoms with E-state index in [2.05, 4.69) is 16.0 Å². The minimum absolute atomic E-state index is 0.0197. The standard InChI is InChI=1S/C10H20N4O2/c11-9(15)3-1-2-4-14-10(16)8-7-12-5-6-13-8/h8,12-13H,1-7H2,(H2,11,15)(H,14,16). The summed E-state index contributed by atoms with van der Waals surface area (Å²) in [4.78, 5) is 22.1. The van der Waals surface area contributed by atoms with Crippen molar-refractivity contribution in [2.45, 2.75) is 25.3 Å². The van der Waals surface area contributed by atoms with Crippen molar-refractivity contribution in [3.63, 3.8) is 0 Å². The summed E-state index contributed by atoms with van der Waals surface area (Å²) in [6.07, 6.45) is 1.90. The third kappa shape index (κ3) is 5.09. The van der Waals surface area contributed by atoms with E-state index in [1.807, 2.05) is 0 Å². The van der Waals surface area contributed by atoms with Gasteiger partial charge in [0, 0.05) is 32.6 Å². The minimum Gasteiger partial charge on any atom is -0.370 e. The van der Waals surface area contributed by atoms with Gasteiger partial charge >= 0.3 is 0 Å². The van der Waals surface area contributed by atoms with Gasteiger partial charge in [-0.25, -0.2) is 0 Å². The van der Waals surface area contributed by atoms with E-state index < -0.39 is 0 Å². The van der Waals surface area contributed by atoms with Crippen LogP contribution in [0, 0.1) is 0 Å². The molecule has 1 unspecified atom stereocenters. The van der Waals surface area contributed by atoms with E-state index in [0.717, 1.165) is 25.9 Å². The third-order valence-electron chi connectivity index (χ3n) is 2.51. The van der Waals surface area contributed by atoms with E-state index in [1.165, 1.54) is 0 Å². The lowest BCUT2D eigenvalue weighted by atomic mass is 10.2. The van der Waals surface area contributed by atoms with E-state index in [4.69, 9.17) is 5.73 Å². The second-order valence-corrected chi connectivity index (χ2v) is 3.93. The Hall–Kier alpha value is -1.14. The topological polar surface area (TPSA) is 96.2 Å². The normalized spacial score (nSPS) is 20.4. The van der Waals surface area contributed by atoms with Crippen LogP contribution < -0.4 is 21.7 Å². The minimum atomic E-state index is -0.288. The van der Waals surface area contributed by atoms with Crippen LogP contribution in [0.15, 0.2) is 0 Å². The zero-order valence-electron chi connectivity index (χ0n) is 9.42. The Morgan fingerprint density at radius 2 is 2.12 bits per heavy atom. The molecular formula is C10H20N4O2. The number of hydrogen-bond acceptors (Lipinski definition) is 4. The van der Waals surface area contributed by atoms with Crippen LogP contribution in [0.3, 0.4) is 0 Å². The van der Waals surface area contributed by atoms with Gasteiger partial charge in [-0.1, -0.05) is 0 Å². The van der Waals surface area contributed by atoms with Crippen molar-refractivity contribution >= 4 is 11.8 Å². The summed E-state index contributed by atoms with van der Waals surface area (Å²) < 4.78 is 0. The number of carbonyl (C=O) groups excluding carboxylic acids is 2.